The number of rotatable bonds is 3. The van der Waals surface area contributed by atoms with Gasteiger partial charge in [0.05, 0.1) is 0 Å². The van der Waals surface area contributed by atoms with E-state index in [0.29, 0.717) is 5.92 Å². The molecular formula is C13H17NS. The number of nitrogens with two attached hydrogens (primary N) is 1. The quantitative estimate of drug-likeness (QED) is 0.841. The summed E-state index contributed by atoms with van der Waals surface area (Å²) < 4.78 is 1.36. The number of benzene rings is 1. The van der Waals surface area contributed by atoms with Crippen LogP contribution in [-0.4, -0.2) is 6.04 Å². The van der Waals surface area contributed by atoms with Gasteiger partial charge in [0.15, 0.2) is 0 Å². The fourth-order valence-electron chi connectivity index (χ4n) is 1.68. The third-order valence-electron chi connectivity index (χ3n) is 2.87. The van der Waals surface area contributed by atoms with Crippen molar-refractivity contribution in [3.63, 3.8) is 0 Å². The molecule has 2 rings (SSSR count). The Morgan fingerprint density at radius 3 is 2.73 bits per heavy atom. The Balaban J connectivity index is 2.29. The highest BCUT2D eigenvalue weighted by atomic mass is 32.1. The zero-order valence-corrected chi connectivity index (χ0v) is 10.1. The largest absolute Gasteiger partial charge is 0.327 e. The van der Waals surface area contributed by atoms with Crippen LogP contribution in [-0.2, 0) is 6.42 Å². The molecule has 0 radical (unpaired) electrons. The van der Waals surface area contributed by atoms with Gasteiger partial charge in [-0.05, 0) is 34.7 Å². The molecule has 0 spiro atoms. The first kappa shape index (κ1) is 10.7. The van der Waals surface area contributed by atoms with Gasteiger partial charge in [0.1, 0.15) is 0 Å². The topological polar surface area (TPSA) is 26.0 Å². The first-order valence-electron chi connectivity index (χ1n) is 5.39. The SMILES string of the molecule is CC(C)[C@@H](N)Cc1csc2ccccc12. The molecular weight excluding hydrogens is 202 g/mol. The molecule has 1 nitrogen and oxygen atoms in total. The molecule has 15 heavy (non-hydrogen) atoms. The molecule has 1 aromatic heterocycles. The van der Waals surface area contributed by atoms with E-state index in [9.17, 15) is 0 Å². The Hall–Kier alpha value is -0.860. The Bertz CT molecular complexity index is 444. The van der Waals surface area contributed by atoms with Crippen molar-refractivity contribution in [3.8, 4) is 0 Å². The molecule has 1 atom stereocenters. The van der Waals surface area contributed by atoms with E-state index < -0.39 is 0 Å². The lowest BCUT2D eigenvalue weighted by Gasteiger charge is -2.14. The maximum absolute atomic E-state index is 6.10. The number of thiophene rings is 1. The third-order valence-corrected chi connectivity index (χ3v) is 3.89. The highest BCUT2D eigenvalue weighted by molar-refractivity contribution is 7.17. The molecule has 0 fully saturated rings. The molecule has 0 amide bonds. The van der Waals surface area contributed by atoms with Crippen molar-refractivity contribution >= 4 is 21.4 Å². The first-order chi connectivity index (χ1) is 7.18. The van der Waals surface area contributed by atoms with Crippen molar-refractivity contribution in [1.82, 2.24) is 0 Å². The van der Waals surface area contributed by atoms with Gasteiger partial charge in [0, 0.05) is 10.7 Å². The molecule has 2 aromatic rings. The van der Waals surface area contributed by atoms with Crippen molar-refractivity contribution < 1.29 is 0 Å². The Morgan fingerprint density at radius 1 is 1.27 bits per heavy atom. The lowest BCUT2D eigenvalue weighted by molar-refractivity contribution is 0.492. The summed E-state index contributed by atoms with van der Waals surface area (Å²) in [5.74, 6) is 0.545. The van der Waals surface area contributed by atoms with Gasteiger partial charge >= 0.3 is 0 Å². The molecule has 1 heterocycles. The zero-order valence-electron chi connectivity index (χ0n) is 9.23. The standard InChI is InChI=1S/C13H17NS/c1-9(2)12(14)7-10-8-15-13-6-4-3-5-11(10)13/h3-6,8-9,12H,7,14H2,1-2H3/t12-/m0/s1. The van der Waals surface area contributed by atoms with Crippen LogP contribution in [0.2, 0.25) is 0 Å². The van der Waals surface area contributed by atoms with Crippen LogP contribution in [0, 0.1) is 5.92 Å². The van der Waals surface area contributed by atoms with Crippen molar-refractivity contribution in [1.29, 1.82) is 0 Å². The highest BCUT2D eigenvalue weighted by Crippen LogP contribution is 2.26. The predicted molar refractivity (Wildman–Crippen MR) is 68.3 cm³/mol. The van der Waals surface area contributed by atoms with E-state index >= 15 is 0 Å². The van der Waals surface area contributed by atoms with Gasteiger partial charge in [0.25, 0.3) is 0 Å². The minimum Gasteiger partial charge on any atom is -0.327 e. The van der Waals surface area contributed by atoms with Crippen molar-refractivity contribution in [3.05, 3.63) is 35.2 Å². The molecule has 0 aliphatic rings. The van der Waals surface area contributed by atoms with E-state index in [4.69, 9.17) is 5.73 Å². The molecule has 0 bridgehead atoms. The summed E-state index contributed by atoms with van der Waals surface area (Å²) in [6.07, 6.45) is 0.988. The van der Waals surface area contributed by atoms with E-state index in [0.717, 1.165) is 6.42 Å². The Labute approximate surface area is 94.9 Å². The average molecular weight is 219 g/mol. The summed E-state index contributed by atoms with van der Waals surface area (Å²) in [6, 6.07) is 8.81. The number of fused-ring (bicyclic) bond motifs is 1. The first-order valence-corrected chi connectivity index (χ1v) is 6.27. The van der Waals surface area contributed by atoms with E-state index in [1.165, 1.54) is 15.6 Å². The second kappa shape index (κ2) is 4.33. The highest BCUT2D eigenvalue weighted by Gasteiger charge is 2.11. The fraction of sp³-hybridized carbons (Fsp3) is 0.385. The maximum atomic E-state index is 6.10. The number of hydrogen-bond acceptors (Lipinski definition) is 2. The minimum absolute atomic E-state index is 0.267. The van der Waals surface area contributed by atoms with Gasteiger partial charge in [-0.15, -0.1) is 11.3 Å². The van der Waals surface area contributed by atoms with Crippen LogP contribution in [0.4, 0.5) is 0 Å². The average Bonchev–Trinajstić information content (AvgIpc) is 2.62. The third kappa shape index (κ3) is 2.21. The van der Waals surface area contributed by atoms with Crippen LogP contribution in [0.5, 0.6) is 0 Å². The second-order valence-electron chi connectivity index (χ2n) is 4.37. The van der Waals surface area contributed by atoms with Gasteiger partial charge in [0.2, 0.25) is 0 Å². The van der Waals surface area contributed by atoms with Gasteiger partial charge in [-0.2, -0.15) is 0 Å². The van der Waals surface area contributed by atoms with E-state index in [-0.39, 0.29) is 6.04 Å². The fourth-order valence-corrected chi connectivity index (χ4v) is 2.66. The van der Waals surface area contributed by atoms with Crippen LogP contribution in [0.15, 0.2) is 29.6 Å². The predicted octanol–water partition coefficient (Wildman–Crippen LogP) is 3.43. The molecule has 80 valence electrons. The normalized spacial score (nSPS) is 13.6. The maximum Gasteiger partial charge on any atom is 0.0345 e. The number of hydrogen-bond donors (Lipinski definition) is 1. The summed E-state index contributed by atoms with van der Waals surface area (Å²) >= 11 is 1.81. The smallest absolute Gasteiger partial charge is 0.0345 e. The van der Waals surface area contributed by atoms with Gasteiger partial charge in [-0.25, -0.2) is 0 Å². The zero-order chi connectivity index (χ0) is 10.8. The summed E-state index contributed by atoms with van der Waals surface area (Å²) in [5, 5.41) is 3.62. The van der Waals surface area contributed by atoms with Crippen LogP contribution >= 0.6 is 11.3 Å². The minimum atomic E-state index is 0.267. The molecule has 0 unspecified atom stereocenters. The molecule has 0 saturated heterocycles. The molecule has 0 aliphatic heterocycles. The van der Waals surface area contributed by atoms with E-state index in [1.54, 1.807) is 0 Å². The molecule has 2 heteroatoms. The van der Waals surface area contributed by atoms with Crippen molar-refractivity contribution in [2.45, 2.75) is 26.3 Å². The van der Waals surface area contributed by atoms with E-state index in [2.05, 4.69) is 43.5 Å². The van der Waals surface area contributed by atoms with Crippen molar-refractivity contribution in [2.24, 2.45) is 11.7 Å². The van der Waals surface area contributed by atoms with Gasteiger partial charge in [-0.3, -0.25) is 0 Å². The summed E-state index contributed by atoms with van der Waals surface area (Å²) in [6.45, 7) is 4.36. The Morgan fingerprint density at radius 2 is 2.00 bits per heavy atom. The molecule has 0 saturated carbocycles. The van der Waals surface area contributed by atoms with E-state index in [1.807, 2.05) is 11.3 Å². The molecule has 0 aliphatic carbocycles. The Kier molecular flexibility index (Phi) is 3.08. The summed E-state index contributed by atoms with van der Waals surface area (Å²) in [7, 11) is 0. The summed E-state index contributed by atoms with van der Waals surface area (Å²) in [5.41, 5.74) is 7.50. The second-order valence-corrected chi connectivity index (χ2v) is 5.28. The lowest BCUT2D eigenvalue weighted by Crippen LogP contribution is -2.28. The van der Waals surface area contributed by atoms with Crippen LogP contribution in [0.25, 0.3) is 10.1 Å². The molecule has 1 aromatic carbocycles. The van der Waals surface area contributed by atoms with Crippen LogP contribution in [0.3, 0.4) is 0 Å². The molecule has 2 N–H and O–H groups in total. The van der Waals surface area contributed by atoms with Gasteiger partial charge < -0.3 is 5.73 Å². The lowest BCUT2D eigenvalue weighted by atomic mass is 9.97. The summed E-state index contributed by atoms with van der Waals surface area (Å²) in [4.78, 5) is 0. The van der Waals surface area contributed by atoms with Gasteiger partial charge in [-0.1, -0.05) is 32.0 Å². The van der Waals surface area contributed by atoms with Crippen molar-refractivity contribution in [2.75, 3.05) is 0 Å². The van der Waals surface area contributed by atoms with Crippen LogP contribution in [0.1, 0.15) is 19.4 Å². The monoisotopic (exact) mass is 219 g/mol. The van der Waals surface area contributed by atoms with Crippen LogP contribution < -0.4 is 5.73 Å².